The van der Waals surface area contributed by atoms with Crippen molar-refractivity contribution >= 4 is 57.3 Å². The molecule has 0 aliphatic carbocycles. The maximum absolute atomic E-state index is 4.98. The van der Waals surface area contributed by atoms with Gasteiger partial charge in [-0.25, -0.2) is 15.0 Å². The molecule has 0 amide bonds. The van der Waals surface area contributed by atoms with E-state index in [0.717, 1.165) is 67.0 Å². The van der Waals surface area contributed by atoms with Gasteiger partial charge in [-0.2, -0.15) is 0 Å². The molecule has 0 unspecified atom stereocenters. The summed E-state index contributed by atoms with van der Waals surface area (Å²) in [5, 5.41) is 1.11. The molecule has 0 fully saturated rings. The highest BCUT2D eigenvalue weighted by Gasteiger charge is 2.12. The monoisotopic (exact) mass is 437 g/mol. The molecular weight excluding hydrogens is 418 g/mol. The number of aromatic amines is 2. The SMILES string of the molecule is C1=Cc2cc3ccc([nH]3)c(-c3ccc4ccccc4n3)c3nc(cc4ccc(cc1n2)[nH]4)C=C3. The van der Waals surface area contributed by atoms with Crippen LogP contribution in [-0.4, -0.2) is 24.9 Å². The van der Waals surface area contributed by atoms with Gasteiger partial charge in [0.25, 0.3) is 0 Å². The summed E-state index contributed by atoms with van der Waals surface area (Å²) in [6.07, 6.45) is 8.15. The van der Waals surface area contributed by atoms with Gasteiger partial charge in [0.05, 0.1) is 39.5 Å². The minimum atomic E-state index is 0.876. The smallest absolute Gasteiger partial charge is 0.0752 e. The van der Waals surface area contributed by atoms with Crippen molar-refractivity contribution in [3.05, 3.63) is 102 Å². The summed E-state index contributed by atoms with van der Waals surface area (Å²) in [7, 11) is 0. The van der Waals surface area contributed by atoms with Gasteiger partial charge in [-0.05, 0) is 78.9 Å². The van der Waals surface area contributed by atoms with E-state index in [1.54, 1.807) is 0 Å². The average Bonchev–Trinajstić information content (AvgIpc) is 3.65. The van der Waals surface area contributed by atoms with E-state index >= 15 is 0 Å². The van der Waals surface area contributed by atoms with E-state index in [0.29, 0.717) is 0 Å². The molecule has 0 saturated heterocycles. The molecule has 7 rings (SSSR count). The third kappa shape index (κ3) is 3.31. The molecule has 0 radical (unpaired) electrons. The summed E-state index contributed by atoms with van der Waals surface area (Å²) in [5.41, 5.74) is 10.3. The molecule has 160 valence electrons. The van der Waals surface area contributed by atoms with Crippen molar-refractivity contribution in [2.24, 2.45) is 0 Å². The molecule has 6 heterocycles. The molecule has 5 nitrogen and oxygen atoms in total. The lowest BCUT2D eigenvalue weighted by molar-refractivity contribution is 1.30. The fourth-order valence-electron chi connectivity index (χ4n) is 4.48. The van der Waals surface area contributed by atoms with Crippen molar-refractivity contribution in [3.63, 3.8) is 0 Å². The maximum Gasteiger partial charge on any atom is 0.0752 e. The third-order valence-corrected chi connectivity index (χ3v) is 6.07. The Morgan fingerprint density at radius 2 is 1.21 bits per heavy atom. The highest BCUT2D eigenvalue weighted by atomic mass is 14.8. The van der Waals surface area contributed by atoms with Gasteiger partial charge in [0.2, 0.25) is 0 Å². The topological polar surface area (TPSA) is 70.2 Å². The minimum absolute atomic E-state index is 0.876. The van der Waals surface area contributed by atoms with Crippen LogP contribution in [0.5, 0.6) is 0 Å². The fourth-order valence-corrected chi connectivity index (χ4v) is 4.48. The molecule has 2 aliphatic heterocycles. The largest absolute Gasteiger partial charge is 0.355 e. The van der Waals surface area contributed by atoms with Crippen molar-refractivity contribution in [1.82, 2.24) is 24.9 Å². The first-order chi connectivity index (χ1) is 16.8. The summed E-state index contributed by atoms with van der Waals surface area (Å²) in [5.74, 6) is 0. The summed E-state index contributed by atoms with van der Waals surface area (Å²) in [4.78, 5) is 21.6. The van der Waals surface area contributed by atoms with Gasteiger partial charge >= 0.3 is 0 Å². The van der Waals surface area contributed by atoms with Crippen LogP contribution in [0, 0.1) is 0 Å². The summed E-state index contributed by atoms with van der Waals surface area (Å²) >= 11 is 0. The Hall–Kier alpha value is -4.77. The second-order valence-corrected chi connectivity index (χ2v) is 8.44. The lowest BCUT2D eigenvalue weighted by Crippen LogP contribution is -1.89. The van der Waals surface area contributed by atoms with Crippen LogP contribution in [0.25, 0.3) is 68.5 Å². The van der Waals surface area contributed by atoms with Crippen molar-refractivity contribution < 1.29 is 0 Å². The number of pyridine rings is 1. The zero-order valence-electron chi connectivity index (χ0n) is 18.2. The van der Waals surface area contributed by atoms with Gasteiger partial charge in [0, 0.05) is 27.5 Å². The predicted octanol–water partition coefficient (Wildman–Crippen LogP) is 6.87. The lowest BCUT2D eigenvalue weighted by atomic mass is 10.1. The number of fused-ring (bicyclic) bond motifs is 9. The molecule has 4 aromatic heterocycles. The number of aromatic nitrogens is 5. The van der Waals surface area contributed by atoms with E-state index < -0.39 is 0 Å². The van der Waals surface area contributed by atoms with E-state index in [-0.39, 0.29) is 0 Å². The first-order valence-corrected chi connectivity index (χ1v) is 11.2. The Bertz CT molecular complexity index is 1820. The van der Waals surface area contributed by atoms with Crippen LogP contribution >= 0.6 is 0 Å². The van der Waals surface area contributed by atoms with Crippen LogP contribution in [0.1, 0.15) is 22.8 Å². The molecule has 0 saturated carbocycles. The Balaban J connectivity index is 1.57. The number of benzene rings is 1. The molecule has 5 aromatic rings. The Morgan fingerprint density at radius 3 is 2.03 bits per heavy atom. The van der Waals surface area contributed by atoms with E-state index in [9.17, 15) is 0 Å². The standard InChI is InChI=1S/C29H19N5/c1-2-4-25-18(3-1)5-12-28(34-25)29-26-13-10-23(32-26)16-21-8-6-19(30-21)15-20-7-9-22(31-20)17-24-11-14-27(29)33-24/h1-17,30,33H. The Morgan fingerprint density at radius 1 is 0.529 bits per heavy atom. The second-order valence-electron chi connectivity index (χ2n) is 8.44. The molecule has 8 bridgehead atoms. The van der Waals surface area contributed by atoms with E-state index in [1.807, 2.05) is 42.5 Å². The van der Waals surface area contributed by atoms with Gasteiger partial charge < -0.3 is 9.97 Å². The first-order valence-electron chi connectivity index (χ1n) is 11.2. The van der Waals surface area contributed by atoms with Crippen molar-refractivity contribution in [2.45, 2.75) is 0 Å². The maximum atomic E-state index is 4.98. The molecule has 0 atom stereocenters. The van der Waals surface area contributed by atoms with E-state index in [1.165, 1.54) is 0 Å². The summed E-state index contributed by atoms with van der Waals surface area (Å²) in [6, 6.07) is 26.8. The van der Waals surface area contributed by atoms with E-state index in [4.69, 9.17) is 15.0 Å². The van der Waals surface area contributed by atoms with Crippen molar-refractivity contribution in [3.8, 4) is 11.3 Å². The number of H-pyrrole nitrogens is 2. The van der Waals surface area contributed by atoms with Gasteiger partial charge in [-0.15, -0.1) is 0 Å². The Labute approximate surface area is 195 Å². The number of para-hydroxylation sites is 1. The molecule has 1 aromatic carbocycles. The van der Waals surface area contributed by atoms with Crippen molar-refractivity contribution in [1.29, 1.82) is 0 Å². The number of hydrogen-bond donors (Lipinski definition) is 2. The average molecular weight is 438 g/mol. The third-order valence-electron chi connectivity index (χ3n) is 6.07. The number of rotatable bonds is 1. The highest BCUT2D eigenvalue weighted by molar-refractivity contribution is 5.92. The fraction of sp³-hybridized carbons (Fsp3) is 0. The molecule has 2 N–H and O–H groups in total. The molecule has 5 heteroatoms. The molecule has 2 aliphatic rings. The number of hydrogen-bond acceptors (Lipinski definition) is 3. The molecule has 0 spiro atoms. The normalized spacial score (nSPS) is 12.5. The quantitative estimate of drug-likeness (QED) is 0.294. The lowest BCUT2D eigenvalue weighted by Gasteiger charge is -2.05. The molecular formula is C29H19N5. The summed E-state index contributed by atoms with van der Waals surface area (Å²) < 4.78 is 0. The Kier molecular flexibility index (Phi) is 4.08. The highest BCUT2D eigenvalue weighted by Crippen LogP contribution is 2.30. The summed E-state index contributed by atoms with van der Waals surface area (Å²) in [6.45, 7) is 0. The zero-order valence-corrected chi connectivity index (χ0v) is 18.2. The predicted molar refractivity (Wildman–Crippen MR) is 140 cm³/mol. The first kappa shape index (κ1) is 18.8. The number of nitrogens with one attached hydrogen (secondary N) is 2. The van der Waals surface area contributed by atoms with Crippen LogP contribution in [-0.2, 0) is 0 Å². The van der Waals surface area contributed by atoms with Crippen LogP contribution < -0.4 is 0 Å². The van der Waals surface area contributed by atoms with Gasteiger partial charge in [-0.1, -0.05) is 24.3 Å². The van der Waals surface area contributed by atoms with Crippen LogP contribution in [0.4, 0.5) is 0 Å². The van der Waals surface area contributed by atoms with Gasteiger partial charge in [0.15, 0.2) is 0 Å². The number of nitrogens with zero attached hydrogens (tertiary/aromatic N) is 3. The molecule has 34 heavy (non-hydrogen) atoms. The zero-order chi connectivity index (χ0) is 22.5. The van der Waals surface area contributed by atoms with Crippen LogP contribution in [0.3, 0.4) is 0 Å². The van der Waals surface area contributed by atoms with Gasteiger partial charge in [0.1, 0.15) is 0 Å². The van der Waals surface area contributed by atoms with Gasteiger partial charge in [-0.3, -0.25) is 0 Å². The second kappa shape index (κ2) is 7.39. The minimum Gasteiger partial charge on any atom is -0.355 e. The van der Waals surface area contributed by atoms with E-state index in [2.05, 4.69) is 70.6 Å². The van der Waals surface area contributed by atoms with Crippen LogP contribution in [0.15, 0.2) is 78.9 Å². The van der Waals surface area contributed by atoms with Crippen molar-refractivity contribution in [2.75, 3.05) is 0 Å². The van der Waals surface area contributed by atoms with Crippen LogP contribution in [0.2, 0.25) is 0 Å².